The SMILES string of the molecule is CC(C)(C)c1ccc(C(=O)NNC(=S)NCc2cc(F)cc(F)c2)cc1. The Hall–Kier alpha value is -2.54. The van der Waals surface area contributed by atoms with Gasteiger partial charge in [-0.15, -0.1) is 0 Å². The fraction of sp³-hybridized carbons (Fsp3) is 0.263. The Morgan fingerprint density at radius 1 is 1.00 bits per heavy atom. The van der Waals surface area contributed by atoms with Crippen molar-refractivity contribution in [2.75, 3.05) is 0 Å². The summed E-state index contributed by atoms with van der Waals surface area (Å²) in [6, 6.07) is 10.5. The van der Waals surface area contributed by atoms with Crippen LogP contribution in [0.15, 0.2) is 42.5 Å². The van der Waals surface area contributed by atoms with E-state index in [1.807, 2.05) is 12.1 Å². The summed E-state index contributed by atoms with van der Waals surface area (Å²) in [4.78, 5) is 12.1. The molecule has 0 aliphatic rings. The summed E-state index contributed by atoms with van der Waals surface area (Å²) in [5.41, 5.74) is 7.05. The van der Waals surface area contributed by atoms with Gasteiger partial charge >= 0.3 is 0 Å². The third-order valence-electron chi connectivity index (χ3n) is 3.68. The van der Waals surface area contributed by atoms with E-state index in [4.69, 9.17) is 12.2 Å². The van der Waals surface area contributed by atoms with Gasteiger partial charge in [-0.1, -0.05) is 32.9 Å². The van der Waals surface area contributed by atoms with Crippen molar-refractivity contribution < 1.29 is 13.6 Å². The molecule has 3 N–H and O–H groups in total. The van der Waals surface area contributed by atoms with E-state index in [1.54, 1.807) is 12.1 Å². The molecule has 0 saturated carbocycles. The van der Waals surface area contributed by atoms with Gasteiger partial charge in [-0.2, -0.15) is 0 Å². The van der Waals surface area contributed by atoms with Gasteiger partial charge in [-0.25, -0.2) is 8.78 Å². The summed E-state index contributed by atoms with van der Waals surface area (Å²) < 4.78 is 26.2. The van der Waals surface area contributed by atoms with Crippen molar-refractivity contribution in [2.45, 2.75) is 32.7 Å². The number of amides is 1. The van der Waals surface area contributed by atoms with Gasteiger partial charge in [-0.05, 0) is 53.0 Å². The highest BCUT2D eigenvalue weighted by Crippen LogP contribution is 2.22. The molecule has 1 amide bonds. The average molecular weight is 377 g/mol. The van der Waals surface area contributed by atoms with Crippen LogP contribution in [0.1, 0.15) is 42.3 Å². The van der Waals surface area contributed by atoms with Crippen LogP contribution in [0.4, 0.5) is 8.78 Å². The molecule has 0 saturated heterocycles. The molecule has 0 aliphatic heterocycles. The Labute approximate surface area is 157 Å². The maximum Gasteiger partial charge on any atom is 0.269 e. The second-order valence-corrected chi connectivity index (χ2v) is 7.28. The summed E-state index contributed by atoms with van der Waals surface area (Å²) in [7, 11) is 0. The minimum Gasteiger partial charge on any atom is -0.357 e. The van der Waals surface area contributed by atoms with Crippen molar-refractivity contribution in [1.82, 2.24) is 16.2 Å². The van der Waals surface area contributed by atoms with Crippen LogP contribution >= 0.6 is 12.2 Å². The number of hydrogen-bond donors (Lipinski definition) is 3. The zero-order valence-electron chi connectivity index (χ0n) is 14.8. The second kappa shape index (κ2) is 8.23. The zero-order valence-corrected chi connectivity index (χ0v) is 15.6. The fourth-order valence-electron chi connectivity index (χ4n) is 2.25. The van der Waals surface area contributed by atoms with E-state index < -0.39 is 11.6 Å². The minimum atomic E-state index is -0.660. The molecule has 138 valence electrons. The molecule has 0 aromatic heterocycles. The first-order valence-corrected chi connectivity index (χ1v) is 8.45. The van der Waals surface area contributed by atoms with Crippen molar-refractivity contribution in [2.24, 2.45) is 0 Å². The molecule has 0 heterocycles. The highest BCUT2D eigenvalue weighted by molar-refractivity contribution is 7.80. The molecule has 2 rings (SSSR count). The Morgan fingerprint density at radius 3 is 2.12 bits per heavy atom. The summed E-state index contributed by atoms with van der Waals surface area (Å²) in [6.07, 6.45) is 0. The molecule has 0 unspecified atom stereocenters. The maximum absolute atomic E-state index is 13.1. The van der Waals surface area contributed by atoms with Gasteiger partial charge in [0.25, 0.3) is 5.91 Å². The first kappa shape index (κ1) is 19.8. The van der Waals surface area contributed by atoms with Crippen molar-refractivity contribution >= 4 is 23.2 Å². The summed E-state index contributed by atoms with van der Waals surface area (Å²) in [5, 5.41) is 2.90. The smallest absolute Gasteiger partial charge is 0.269 e. The van der Waals surface area contributed by atoms with Crippen LogP contribution in [-0.2, 0) is 12.0 Å². The van der Waals surface area contributed by atoms with E-state index in [0.717, 1.165) is 11.6 Å². The van der Waals surface area contributed by atoms with E-state index in [9.17, 15) is 13.6 Å². The van der Waals surface area contributed by atoms with Crippen LogP contribution in [-0.4, -0.2) is 11.0 Å². The van der Waals surface area contributed by atoms with Gasteiger partial charge in [-0.3, -0.25) is 15.6 Å². The number of hydrogen-bond acceptors (Lipinski definition) is 2. The number of carbonyl (C=O) groups excluding carboxylic acids is 1. The van der Waals surface area contributed by atoms with Gasteiger partial charge in [0.2, 0.25) is 0 Å². The molecule has 4 nitrogen and oxygen atoms in total. The van der Waals surface area contributed by atoms with Crippen LogP contribution < -0.4 is 16.2 Å². The van der Waals surface area contributed by atoms with E-state index in [1.165, 1.54) is 12.1 Å². The van der Waals surface area contributed by atoms with Gasteiger partial charge in [0.15, 0.2) is 5.11 Å². The van der Waals surface area contributed by atoms with Crippen LogP contribution in [0.5, 0.6) is 0 Å². The predicted molar refractivity (Wildman–Crippen MR) is 102 cm³/mol. The van der Waals surface area contributed by atoms with Gasteiger partial charge in [0, 0.05) is 18.2 Å². The van der Waals surface area contributed by atoms with Crippen LogP contribution in [0, 0.1) is 11.6 Å². The Bertz CT molecular complexity index is 781. The van der Waals surface area contributed by atoms with Crippen LogP contribution in [0.25, 0.3) is 0 Å². The van der Waals surface area contributed by atoms with Crippen molar-refractivity contribution in [1.29, 1.82) is 0 Å². The number of rotatable bonds is 3. The molecule has 7 heteroatoms. The third kappa shape index (κ3) is 5.77. The Morgan fingerprint density at radius 2 is 1.58 bits per heavy atom. The number of nitrogens with one attached hydrogen (secondary N) is 3. The summed E-state index contributed by atoms with van der Waals surface area (Å²) in [5.74, 6) is -1.66. The van der Waals surface area contributed by atoms with E-state index in [2.05, 4.69) is 36.9 Å². The van der Waals surface area contributed by atoms with Gasteiger partial charge in [0.1, 0.15) is 11.6 Å². The normalized spacial score (nSPS) is 11.0. The van der Waals surface area contributed by atoms with Gasteiger partial charge in [0.05, 0.1) is 0 Å². The molecular formula is C19H21F2N3OS. The van der Waals surface area contributed by atoms with Gasteiger partial charge < -0.3 is 5.32 Å². The zero-order chi connectivity index (χ0) is 19.3. The molecule has 0 radical (unpaired) electrons. The number of carbonyl (C=O) groups is 1. The fourth-order valence-corrected chi connectivity index (χ4v) is 2.37. The van der Waals surface area contributed by atoms with E-state index in [0.29, 0.717) is 11.1 Å². The monoisotopic (exact) mass is 377 g/mol. The topological polar surface area (TPSA) is 53.2 Å². The highest BCUT2D eigenvalue weighted by atomic mass is 32.1. The van der Waals surface area contributed by atoms with Crippen molar-refractivity contribution in [3.63, 3.8) is 0 Å². The van der Waals surface area contributed by atoms with Crippen molar-refractivity contribution in [3.8, 4) is 0 Å². The third-order valence-corrected chi connectivity index (χ3v) is 3.92. The molecule has 0 fully saturated rings. The Kier molecular flexibility index (Phi) is 6.26. The standard InChI is InChI=1S/C19H21F2N3OS/c1-19(2,3)14-6-4-13(5-7-14)17(25)23-24-18(26)22-11-12-8-15(20)10-16(21)9-12/h4-10H,11H2,1-3H3,(H,23,25)(H2,22,24,26). The molecule has 26 heavy (non-hydrogen) atoms. The predicted octanol–water partition coefficient (Wildman–Crippen LogP) is 3.57. The molecular weight excluding hydrogens is 356 g/mol. The molecule has 0 spiro atoms. The molecule has 2 aromatic rings. The summed E-state index contributed by atoms with van der Waals surface area (Å²) >= 11 is 5.03. The number of halogens is 2. The summed E-state index contributed by atoms with van der Waals surface area (Å²) in [6.45, 7) is 6.41. The highest BCUT2D eigenvalue weighted by Gasteiger charge is 2.14. The number of thiocarbonyl (C=S) groups is 1. The second-order valence-electron chi connectivity index (χ2n) is 6.87. The van der Waals surface area contributed by atoms with E-state index in [-0.39, 0.29) is 23.0 Å². The molecule has 0 atom stereocenters. The van der Waals surface area contributed by atoms with Crippen LogP contribution in [0.2, 0.25) is 0 Å². The molecule has 0 bridgehead atoms. The Balaban J connectivity index is 1.84. The number of benzene rings is 2. The number of hydrazine groups is 1. The lowest BCUT2D eigenvalue weighted by Gasteiger charge is -2.19. The lowest BCUT2D eigenvalue weighted by atomic mass is 9.87. The maximum atomic E-state index is 13.1. The first-order valence-electron chi connectivity index (χ1n) is 8.05. The largest absolute Gasteiger partial charge is 0.357 e. The lowest BCUT2D eigenvalue weighted by Crippen LogP contribution is -2.46. The van der Waals surface area contributed by atoms with Crippen LogP contribution in [0.3, 0.4) is 0 Å². The first-order chi connectivity index (χ1) is 12.1. The lowest BCUT2D eigenvalue weighted by molar-refractivity contribution is 0.0943. The molecule has 0 aliphatic carbocycles. The van der Waals surface area contributed by atoms with Crippen molar-refractivity contribution in [3.05, 3.63) is 70.8 Å². The minimum absolute atomic E-state index is 0.00906. The average Bonchev–Trinajstić information content (AvgIpc) is 2.56. The van der Waals surface area contributed by atoms with E-state index >= 15 is 0 Å². The molecule has 2 aromatic carbocycles. The quantitative estimate of drug-likeness (QED) is 0.565.